The molecule has 0 bridgehead atoms. The van der Waals surface area contributed by atoms with Gasteiger partial charge in [-0.2, -0.15) is 0 Å². The van der Waals surface area contributed by atoms with E-state index in [-0.39, 0.29) is 11.6 Å². The van der Waals surface area contributed by atoms with Crippen LogP contribution in [0.25, 0.3) is 0 Å². The highest BCUT2D eigenvalue weighted by molar-refractivity contribution is 5.80. The molecule has 0 radical (unpaired) electrons. The molecule has 2 heterocycles. The number of aliphatic imine (C=N–C) groups is 1. The van der Waals surface area contributed by atoms with Crippen LogP contribution in [0.15, 0.2) is 47.7 Å². The molecule has 0 saturated heterocycles. The van der Waals surface area contributed by atoms with Crippen molar-refractivity contribution in [3.05, 3.63) is 53.9 Å². The molecule has 1 unspecified atom stereocenters. The number of benzene rings is 1. The molecule has 1 aromatic heterocycles. The molecule has 5 nitrogen and oxygen atoms in total. The minimum absolute atomic E-state index is 0.173. The van der Waals surface area contributed by atoms with E-state index in [1.807, 2.05) is 29.9 Å². The van der Waals surface area contributed by atoms with Crippen molar-refractivity contribution in [3.8, 4) is 5.75 Å². The number of fused-ring (bicyclic) bond motifs is 1. The Morgan fingerprint density at radius 3 is 2.83 bits per heavy atom. The molecule has 5 heteroatoms. The van der Waals surface area contributed by atoms with E-state index in [0.717, 1.165) is 24.7 Å². The van der Waals surface area contributed by atoms with Crippen molar-refractivity contribution in [2.75, 3.05) is 7.05 Å². The SMILES string of the molecule is CN=C(NCc1ccn(C)c1)NC1CC(C)(C)Oc2ccccc21. The van der Waals surface area contributed by atoms with Crippen molar-refractivity contribution >= 4 is 5.96 Å². The van der Waals surface area contributed by atoms with Crippen LogP contribution >= 0.6 is 0 Å². The largest absolute Gasteiger partial charge is 0.487 e. The van der Waals surface area contributed by atoms with Gasteiger partial charge in [-0.15, -0.1) is 0 Å². The lowest BCUT2D eigenvalue weighted by Gasteiger charge is -2.38. The lowest BCUT2D eigenvalue weighted by atomic mass is 9.90. The van der Waals surface area contributed by atoms with Gasteiger partial charge in [0.1, 0.15) is 11.4 Å². The van der Waals surface area contributed by atoms with E-state index in [2.05, 4.69) is 53.9 Å². The molecule has 1 aliphatic heterocycles. The van der Waals surface area contributed by atoms with Crippen LogP contribution in [0, 0.1) is 0 Å². The first-order chi connectivity index (χ1) is 11.5. The fourth-order valence-corrected chi connectivity index (χ4v) is 3.14. The van der Waals surface area contributed by atoms with E-state index in [9.17, 15) is 0 Å². The van der Waals surface area contributed by atoms with Gasteiger partial charge < -0.3 is 19.9 Å². The van der Waals surface area contributed by atoms with Crippen LogP contribution in [0.2, 0.25) is 0 Å². The van der Waals surface area contributed by atoms with Gasteiger partial charge in [-0.25, -0.2) is 0 Å². The maximum absolute atomic E-state index is 6.09. The zero-order valence-corrected chi connectivity index (χ0v) is 14.8. The third-order valence-corrected chi connectivity index (χ3v) is 4.26. The summed E-state index contributed by atoms with van der Waals surface area (Å²) in [7, 11) is 3.83. The molecule has 1 aromatic carbocycles. The fraction of sp³-hybridized carbons (Fsp3) is 0.421. The second-order valence-corrected chi connectivity index (χ2v) is 6.91. The van der Waals surface area contributed by atoms with Crippen molar-refractivity contribution in [3.63, 3.8) is 0 Å². The van der Waals surface area contributed by atoms with Crippen LogP contribution in [0.3, 0.4) is 0 Å². The zero-order valence-electron chi connectivity index (χ0n) is 14.8. The summed E-state index contributed by atoms with van der Waals surface area (Å²) in [5.41, 5.74) is 2.21. The molecular weight excluding hydrogens is 300 g/mol. The minimum Gasteiger partial charge on any atom is -0.487 e. The second-order valence-electron chi connectivity index (χ2n) is 6.91. The number of rotatable bonds is 3. The summed E-state index contributed by atoms with van der Waals surface area (Å²) in [5, 5.41) is 6.94. The molecule has 3 rings (SSSR count). The number of guanidine groups is 1. The van der Waals surface area contributed by atoms with Crippen LogP contribution in [0.5, 0.6) is 5.75 Å². The quantitative estimate of drug-likeness (QED) is 0.673. The van der Waals surface area contributed by atoms with Gasteiger partial charge >= 0.3 is 0 Å². The first-order valence-corrected chi connectivity index (χ1v) is 8.33. The number of hydrogen-bond donors (Lipinski definition) is 2. The normalized spacial score (nSPS) is 19.3. The Balaban J connectivity index is 1.71. The zero-order chi connectivity index (χ0) is 17.2. The van der Waals surface area contributed by atoms with Gasteiger partial charge in [0, 0.05) is 45.0 Å². The summed E-state index contributed by atoms with van der Waals surface area (Å²) < 4.78 is 8.14. The summed E-state index contributed by atoms with van der Waals surface area (Å²) >= 11 is 0. The van der Waals surface area contributed by atoms with Crippen LogP contribution in [-0.2, 0) is 13.6 Å². The van der Waals surface area contributed by atoms with Crippen molar-refractivity contribution < 1.29 is 4.74 Å². The highest BCUT2D eigenvalue weighted by Crippen LogP contribution is 2.39. The van der Waals surface area contributed by atoms with Crippen LogP contribution in [0.4, 0.5) is 0 Å². The van der Waals surface area contributed by atoms with Gasteiger partial charge in [-0.05, 0) is 31.5 Å². The number of nitrogens with zero attached hydrogens (tertiary/aromatic N) is 2. The molecule has 128 valence electrons. The maximum Gasteiger partial charge on any atom is 0.191 e. The first-order valence-electron chi connectivity index (χ1n) is 8.33. The van der Waals surface area contributed by atoms with Gasteiger partial charge in [0.2, 0.25) is 0 Å². The maximum atomic E-state index is 6.09. The molecule has 0 saturated carbocycles. The van der Waals surface area contributed by atoms with Gasteiger partial charge in [-0.3, -0.25) is 4.99 Å². The van der Waals surface area contributed by atoms with Crippen molar-refractivity contribution in [2.45, 2.75) is 38.5 Å². The molecule has 0 aliphatic carbocycles. The van der Waals surface area contributed by atoms with E-state index < -0.39 is 0 Å². The summed E-state index contributed by atoms with van der Waals surface area (Å²) in [6, 6.07) is 10.5. The lowest BCUT2D eigenvalue weighted by Crippen LogP contribution is -2.45. The predicted molar refractivity (Wildman–Crippen MR) is 97.3 cm³/mol. The molecule has 0 fully saturated rings. The minimum atomic E-state index is -0.204. The number of ether oxygens (including phenoxy) is 1. The number of aromatic nitrogens is 1. The highest BCUT2D eigenvalue weighted by Gasteiger charge is 2.33. The van der Waals surface area contributed by atoms with Crippen LogP contribution in [0.1, 0.15) is 37.4 Å². The van der Waals surface area contributed by atoms with Crippen molar-refractivity contribution in [1.29, 1.82) is 0 Å². The second kappa shape index (κ2) is 6.59. The number of nitrogens with one attached hydrogen (secondary N) is 2. The molecule has 1 atom stereocenters. The molecule has 24 heavy (non-hydrogen) atoms. The Hall–Kier alpha value is -2.43. The van der Waals surface area contributed by atoms with Crippen molar-refractivity contribution in [1.82, 2.24) is 15.2 Å². The monoisotopic (exact) mass is 326 g/mol. The molecular formula is C19H26N4O. The Morgan fingerprint density at radius 1 is 1.33 bits per heavy atom. The van der Waals surface area contributed by atoms with E-state index in [1.54, 1.807) is 7.05 Å². The van der Waals surface area contributed by atoms with Gasteiger partial charge in [-0.1, -0.05) is 18.2 Å². The van der Waals surface area contributed by atoms with Gasteiger partial charge in [0.05, 0.1) is 6.04 Å². The number of hydrogen-bond acceptors (Lipinski definition) is 2. The number of para-hydroxylation sites is 1. The third kappa shape index (κ3) is 3.72. The van der Waals surface area contributed by atoms with E-state index in [4.69, 9.17) is 4.74 Å². The predicted octanol–water partition coefficient (Wildman–Crippen LogP) is 2.99. The van der Waals surface area contributed by atoms with E-state index in [1.165, 1.54) is 11.1 Å². The molecule has 1 aliphatic rings. The lowest BCUT2D eigenvalue weighted by molar-refractivity contribution is 0.0694. The van der Waals surface area contributed by atoms with E-state index in [0.29, 0.717) is 0 Å². The van der Waals surface area contributed by atoms with Crippen LogP contribution < -0.4 is 15.4 Å². The van der Waals surface area contributed by atoms with Gasteiger partial charge in [0.25, 0.3) is 0 Å². The summed E-state index contributed by atoms with van der Waals surface area (Å²) in [6.07, 6.45) is 5.04. The molecule has 0 amide bonds. The number of aryl methyl sites for hydroxylation is 1. The molecule has 2 N–H and O–H groups in total. The molecule has 0 spiro atoms. The Morgan fingerprint density at radius 2 is 2.12 bits per heavy atom. The van der Waals surface area contributed by atoms with Gasteiger partial charge in [0.15, 0.2) is 5.96 Å². The third-order valence-electron chi connectivity index (χ3n) is 4.26. The molecule has 2 aromatic rings. The summed E-state index contributed by atoms with van der Waals surface area (Å²) in [6.45, 7) is 4.99. The average molecular weight is 326 g/mol. The summed E-state index contributed by atoms with van der Waals surface area (Å²) in [5.74, 6) is 1.75. The fourth-order valence-electron chi connectivity index (χ4n) is 3.14. The highest BCUT2D eigenvalue weighted by atomic mass is 16.5. The standard InChI is InChI=1S/C19H26N4O/c1-19(2)11-16(15-7-5-6-8-17(15)24-19)22-18(20-3)21-12-14-9-10-23(4)13-14/h5-10,13,16H,11-12H2,1-4H3,(H2,20,21,22). The summed E-state index contributed by atoms with van der Waals surface area (Å²) in [4.78, 5) is 4.37. The van der Waals surface area contributed by atoms with Crippen molar-refractivity contribution in [2.24, 2.45) is 12.0 Å². The van der Waals surface area contributed by atoms with Crippen LogP contribution in [-0.4, -0.2) is 23.2 Å². The average Bonchev–Trinajstić information content (AvgIpc) is 2.95. The Labute approximate surface area is 143 Å². The smallest absolute Gasteiger partial charge is 0.191 e. The van der Waals surface area contributed by atoms with E-state index >= 15 is 0 Å². The topological polar surface area (TPSA) is 50.6 Å². The first kappa shape index (κ1) is 16.4. The Bertz CT molecular complexity index is 732. The Kier molecular flexibility index (Phi) is 4.51.